The van der Waals surface area contributed by atoms with Crippen molar-refractivity contribution in [2.75, 3.05) is 24.9 Å². The molecule has 0 aliphatic carbocycles. The van der Waals surface area contributed by atoms with Gasteiger partial charge in [-0.05, 0) is 59.6 Å². The van der Waals surface area contributed by atoms with E-state index in [-0.39, 0.29) is 5.91 Å². The molecule has 2 N–H and O–H groups in total. The van der Waals surface area contributed by atoms with Crippen molar-refractivity contribution in [1.82, 2.24) is 0 Å². The Balaban J connectivity index is 2.08. The number of hydrogen-bond donors (Lipinski definition) is 2. The number of anilines is 2. The Morgan fingerprint density at radius 1 is 1.08 bits per heavy atom. The molecule has 0 aliphatic rings. The average molecular weight is 393 g/mol. The largest absolute Gasteiger partial charge is 0.497 e. The Labute approximate surface area is 150 Å². The summed E-state index contributed by atoms with van der Waals surface area (Å²) in [7, 11) is 3.17. The fourth-order valence-electron chi connectivity index (χ4n) is 2.18. The Bertz CT molecular complexity index is 734. The number of methoxy groups -OCH3 is 2. The van der Waals surface area contributed by atoms with Crippen LogP contribution in [0.2, 0.25) is 0 Å². The number of aryl methyl sites for hydroxylation is 1. The van der Waals surface area contributed by atoms with Gasteiger partial charge in [-0.2, -0.15) is 0 Å². The maximum Gasteiger partial charge on any atom is 0.246 e. The van der Waals surface area contributed by atoms with Crippen LogP contribution < -0.4 is 20.1 Å². The van der Waals surface area contributed by atoms with Crippen molar-refractivity contribution in [2.24, 2.45) is 0 Å². The summed E-state index contributed by atoms with van der Waals surface area (Å²) < 4.78 is 11.4. The van der Waals surface area contributed by atoms with Gasteiger partial charge in [0.1, 0.15) is 17.5 Å². The van der Waals surface area contributed by atoms with Gasteiger partial charge in [-0.15, -0.1) is 0 Å². The Hall–Kier alpha value is -2.21. The van der Waals surface area contributed by atoms with Crippen LogP contribution in [0.5, 0.6) is 11.5 Å². The number of hydrogen-bond acceptors (Lipinski definition) is 4. The highest BCUT2D eigenvalue weighted by molar-refractivity contribution is 9.10. The van der Waals surface area contributed by atoms with Crippen LogP contribution in [0.15, 0.2) is 40.9 Å². The molecule has 24 heavy (non-hydrogen) atoms. The minimum Gasteiger partial charge on any atom is -0.497 e. The predicted octanol–water partition coefficient (Wildman–Crippen LogP) is 4.21. The van der Waals surface area contributed by atoms with Gasteiger partial charge in [-0.3, -0.25) is 4.79 Å². The molecule has 0 spiro atoms. The lowest BCUT2D eigenvalue weighted by atomic mass is 10.2. The van der Waals surface area contributed by atoms with Gasteiger partial charge in [0.2, 0.25) is 5.91 Å². The maximum absolute atomic E-state index is 12.4. The molecule has 0 unspecified atom stereocenters. The number of rotatable bonds is 6. The first-order valence-corrected chi connectivity index (χ1v) is 8.29. The zero-order chi connectivity index (χ0) is 17.7. The molecule has 128 valence electrons. The number of nitrogens with one attached hydrogen (secondary N) is 2. The molecule has 1 atom stereocenters. The molecule has 2 aromatic rings. The van der Waals surface area contributed by atoms with Crippen molar-refractivity contribution in [3.8, 4) is 11.5 Å². The van der Waals surface area contributed by atoms with Crippen molar-refractivity contribution in [3.05, 3.63) is 46.4 Å². The van der Waals surface area contributed by atoms with Gasteiger partial charge < -0.3 is 20.1 Å². The van der Waals surface area contributed by atoms with Gasteiger partial charge in [-0.1, -0.05) is 6.07 Å². The zero-order valence-electron chi connectivity index (χ0n) is 14.1. The van der Waals surface area contributed by atoms with Crippen molar-refractivity contribution >= 4 is 33.2 Å². The van der Waals surface area contributed by atoms with E-state index >= 15 is 0 Å². The lowest BCUT2D eigenvalue weighted by Crippen LogP contribution is -2.32. The van der Waals surface area contributed by atoms with E-state index in [1.807, 2.05) is 37.3 Å². The Morgan fingerprint density at radius 3 is 2.42 bits per heavy atom. The highest BCUT2D eigenvalue weighted by Gasteiger charge is 2.16. The first-order chi connectivity index (χ1) is 11.4. The minimum absolute atomic E-state index is 0.141. The van der Waals surface area contributed by atoms with Crippen LogP contribution in [0.3, 0.4) is 0 Å². The van der Waals surface area contributed by atoms with Crippen molar-refractivity contribution in [3.63, 3.8) is 0 Å². The summed E-state index contributed by atoms with van der Waals surface area (Å²) in [5.74, 6) is 1.17. The average Bonchev–Trinajstić information content (AvgIpc) is 2.57. The van der Waals surface area contributed by atoms with E-state index in [0.29, 0.717) is 11.5 Å². The number of amides is 1. The van der Waals surface area contributed by atoms with Gasteiger partial charge in [0.25, 0.3) is 0 Å². The summed E-state index contributed by atoms with van der Waals surface area (Å²) in [5.41, 5.74) is 2.58. The molecular formula is C18H21BrN2O3. The van der Waals surface area contributed by atoms with E-state index < -0.39 is 6.04 Å². The molecule has 2 aromatic carbocycles. The van der Waals surface area contributed by atoms with E-state index in [1.165, 1.54) is 0 Å². The number of ether oxygens (including phenoxy) is 2. The quantitative estimate of drug-likeness (QED) is 0.772. The summed E-state index contributed by atoms with van der Waals surface area (Å²) in [6.07, 6.45) is 0. The molecule has 0 saturated carbocycles. The Kier molecular flexibility index (Phi) is 6.09. The van der Waals surface area contributed by atoms with Crippen LogP contribution in [-0.4, -0.2) is 26.2 Å². The van der Waals surface area contributed by atoms with Crippen LogP contribution in [0.25, 0.3) is 0 Å². The third-order valence-corrected chi connectivity index (χ3v) is 4.21. The highest BCUT2D eigenvalue weighted by Crippen LogP contribution is 2.30. The summed E-state index contributed by atoms with van der Waals surface area (Å²) in [5, 5.41) is 6.06. The zero-order valence-corrected chi connectivity index (χ0v) is 15.7. The second-order valence-electron chi connectivity index (χ2n) is 5.40. The number of carbonyl (C=O) groups excluding carboxylic acids is 1. The third kappa shape index (κ3) is 4.41. The molecule has 0 aliphatic heterocycles. The normalized spacial score (nSPS) is 11.5. The van der Waals surface area contributed by atoms with E-state index in [0.717, 1.165) is 21.4 Å². The van der Waals surface area contributed by atoms with Crippen LogP contribution in [0.4, 0.5) is 11.4 Å². The topological polar surface area (TPSA) is 59.6 Å². The standard InChI is InChI=1S/C18H21BrN2O3/c1-11-5-7-15(14(19)9-11)21-18(22)12(2)20-16-8-6-13(23-3)10-17(16)24-4/h5-10,12,20H,1-4H3,(H,21,22)/t12-/m1/s1. The molecule has 1 amide bonds. The summed E-state index contributed by atoms with van der Waals surface area (Å²) >= 11 is 3.46. The Morgan fingerprint density at radius 2 is 1.79 bits per heavy atom. The molecule has 0 aromatic heterocycles. The number of carbonyl (C=O) groups is 1. The summed E-state index contributed by atoms with van der Waals surface area (Å²) in [4.78, 5) is 12.4. The highest BCUT2D eigenvalue weighted by atomic mass is 79.9. The van der Waals surface area contributed by atoms with E-state index in [4.69, 9.17) is 9.47 Å². The smallest absolute Gasteiger partial charge is 0.246 e. The van der Waals surface area contributed by atoms with Crippen LogP contribution >= 0.6 is 15.9 Å². The SMILES string of the molecule is COc1ccc(N[C@H](C)C(=O)Nc2ccc(C)cc2Br)c(OC)c1. The van der Waals surface area contributed by atoms with Crippen molar-refractivity contribution in [1.29, 1.82) is 0 Å². The van der Waals surface area contributed by atoms with Gasteiger partial charge in [-0.25, -0.2) is 0 Å². The summed E-state index contributed by atoms with van der Waals surface area (Å²) in [6, 6.07) is 10.7. The van der Waals surface area contributed by atoms with Gasteiger partial charge >= 0.3 is 0 Å². The molecule has 5 nitrogen and oxygen atoms in total. The van der Waals surface area contributed by atoms with Crippen molar-refractivity contribution in [2.45, 2.75) is 19.9 Å². The van der Waals surface area contributed by atoms with Crippen LogP contribution in [-0.2, 0) is 4.79 Å². The van der Waals surface area contributed by atoms with E-state index in [1.54, 1.807) is 27.2 Å². The van der Waals surface area contributed by atoms with E-state index in [9.17, 15) is 4.79 Å². The van der Waals surface area contributed by atoms with E-state index in [2.05, 4.69) is 26.6 Å². The molecule has 2 rings (SSSR count). The monoisotopic (exact) mass is 392 g/mol. The minimum atomic E-state index is -0.444. The fourth-order valence-corrected chi connectivity index (χ4v) is 2.77. The van der Waals surface area contributed by atoms with Crippen LogP contribution in [0, 0.1) is 6.92 Å². The lowest BCUT2D eigenvalue weighted by molar-refractivity contribution is -0.116. The molecule has 0 heterocycles. The second-order valence-corrected chi connectivity index (χ2v) is 6.26. The molecule has 0 saturated heterocycles. The molecule has 0 radical (unpaired) electrons. The third-order valence-electron chi connectivity index (χ3n) is 3.56. The number of halogens is 1. The second kappa shape index (κ2) is 8.06. The van der Waals surface area contributed by atoms with Gasteiger partial charge in [0.05, 0.1) is 25.6 Å². The predicted molar refractivity (Wildman–Crippen MR) is 100 cm³/mol. The molecular weight excluding hydrogens is 372 g/mol. The fraction of sp³-hybridized carbons (Fsp3) is 0.278. The first kappa shape index (κ1) is 18.1. The number of benzene rings is 2. The maximum atomic E-state index is 12.4. The molecule has 0 fully saturated rings. The lowest BCUT2D eigenvalue weighted by Gasteiger charge is -2.18. The molecule has 0 bridgehead atoms. The van der Waals surface area contributed by atoms with Gasteiger partial charge in [0, 0.05) is 10.5 Å². The van der Waals surface area contributed by atoms with Gasteiger partial charge in [0.15, 0.2) is 0 Å². The molecule has 6 heteroatoms. The summed E-state index contributed by atoms with van der Waals surface area (Å²) in [6.45, 7) is 3.79. The first-order valence-electron chi connectivity index (χ1n) is 7.50. The van der Waals surface area contributed by atoms with Crippen molar-refractivity contribution < 1.29 is 14.3 Å². The van der Waals surface area contributed by atoms with Crippen LogP contribution in [0.1, 0.15) is 12.5 Å².